The van der Waals surface area contributed by atoms with Gasteiger partial charge in [-0.15, -0.1) is 0 Å². The van der Waals surface area contributed by atoms with Gasteiger partial charge in [0, 0.05) is 21.1 Å². The molecule has 0 radical (unpaired) electrons. The Bertz CT molecular complexity index is 460. The molecule has 0 spiro atoms. The maximum Gasteiger partial charge on any atom is 0.0467 e. The van der Waals surface area contributed by atoms with Crippen LogP contribution in [0, 0.1) is 6.92 Å². The van der Waals surface area contributed by atoms with Gasteiger partial charge in [0.15, 0.2) is 0 Å². The average molecular weight is 253 g/mol. The summed E-state index contributed by atoms with van der Waals surface area (Å²) >= 11 is 3.57. The first-order chi connectivity index (χ1) is 6.72. The maximum absolute atomic E-state index is 5.53. The van der Waals surface area contributed by atoms with Crippen LogP contribution in [0.1, 0.15) is 11.3 Å². The Morgan fingerprint density at radius 1 is 1.43 bits per heavy atom. The second-order valence-electron chi connectivity index (χ2n) is 3.48. The van der Waals surface area contributed by atoms with Crippen LogP contribution in [0.2, 0.25) is 0 Å². The smallest absolute Gasteiger partial charge is 0.0467 e. The third-order valence-electron chi connectivity index (χ3n) is 2.40. The van der Waals surface area contributed by atoms with Crippen molar-refractivity contribution in [2.75, 3.05) is 6.54 Å². The Morgan fingerprint density at radius 2 is 2.21 bits per heavy atom. The highest BCUT2D eigenvalue weighted by Crippen LogP contribution is 2.28. The molecular formula is C11H13BrN2. The molecule has 2 nitrogen and oxygen atoms in total. The van der Waals surface area contributed by atoms with Gasteiger partial charge in [-0.1, -0.05) is 6.07 Å². The van der Waals surface area contributed by atoms with Gasteiger partial charge in [0.2, 0.25) is 0 Å². The quantitative estimate of drug-likeness (QED) is 0.848. The van der Waals surface area contributed by atoms with E-state index in [4.69, 9.17) is 5.73 Å². The highest BCUT2D eigenvalue weighted by Gasteiger charge is 2.05. The molecule has 3 heteroatoms. The van der Waals surface area contributed by atoms with E-state index in [1.165, 1.54) is 22.2 Å². The van der Waals surface area contributed by atoms with E-state index in [1.807, 2.05) is 0 Å². The topological polar surface area (TPSA) is 41.8 Å². The molecule has 0 bridgehead atoms. The number of benzene rings is 1. The number of fused-ring (bicyclic) bond motifs is 1. The van der Waals surface area contributed by atoms with E-state index in [0.717, 1.165) is 10.9 Å². The van der Waals surface area contributed by atoms with Gasteiger partial charge >= 0.3 is 0 Å². The molecule has 2 rings (SSSR count). The van der Waals surface area contributed by atoms with E-state index in [9.17, 15) is 0 Å². The van der Waals surface area contributed by atoms with Gasteiger partial charge in [0.05, 0.1) is 0 Å². The maximum atomic E-state index is 5.53. The van der Waals surface area contributed by atoms with Crippen LogP contribution in [0.5, 0.6) is 0 Å². The Hall–Kier alpha value is -0.800. The summed E-state index contributed by atoms with van der Waals surface area (Å²) in [5, 5.41) is 1.24. The number of aromatic amines is 1. The lowest BCUT2D eigenvalue weighted by Crippen LogP contribution is -2.02. The summed E-state index contributed by atoms with van der Waals surface area (Å²) in [5.74, 6) is 0. The molecule has 0 unspecified atom stereocenters. The van der Waals surface area contributed by atoms with Crippen molar-refractivity contribution in [3.05, 3.63) is 33.9 Å². The molecular weight excluding hydrogens is 240 g/mol. The monoisotopic (exact) mass is 252 g/mol. The average Bonchev–Trinajstić information content (AvgIpc) is 2.45. The number of aromatic nitrogens is 1. The highest BCUT2D eigenvalue weighted by atomic mass is 79.9. The molecule has 0 aliphatic carbocycles. The minimum Gasteiger partial charge on any atom is -0.358 e. The zero-order valence-corrected chi connectivity index (χ0v) is 9.69. The highest BCUT2D eigenvalue weighted by molar-refractivity contribution is 9.10. The molecule has 14 heavy (non-hydrogen) atoms. The Morgan fingerprint density at radius 3 is 2.93 bits per heavy atom. The Balaban J connectivity index is 2.58. The van der Waals surface area contributed by atoms with Crippen molar-refractivity contribution in [2.45, 2.75) is 13.3 Å². The molecule has 1 aromatic carbocycles. The molecule has 1 heterocycles. The van der Waals surface area contributed by atoms with E-state index in [-0.39, 0.29) is 0 Å². The number of hydrogen-bond acceptors (Lipinski definition) is 1. The van der Waals surface area contributed by atoms with Crippen molar-refractivity contribution in [2.24, 2.45) is 5.73 Å². The third-order valence-corrected chi connectivity index (χ3v) is 3.43. The van der Waals surface area contributed by atoms with Gasteiger partial charge in [0.1, 0.15) is 0 Å². The van der Waals surface area contributed by atoms with Crippen molar-refractivity contribution in [1.29, 1.82) is 0 Å². The van der Waals surface area contributed by atoms with E-state index in [2.05, 4.69) is 46.0 Å². The van der Waals surface area contributed by atoms with Gasteiger partial charge in [-0.25, -0.2) is 0 Å². The molecule has 1 aromatic heterocycles. The van der Waals surface area contributed by atoms with E-state index < -0.39 is 0 Å². The van der Waals surface area contributed by atoms with Crippen molar-refractivity contribution in [3.63, 3.8) is 0 Å². The fraction of sp³-hybridized carbons (Fsp3) is 0.273. The van der Waals surface area contributed by atoms with Crippen LogP contribution in [-0.4, -0.2) is 11.5 Å². The standard InChI is InChI=1S/C11H13BrN2/c1-7-11(12)9-6-8(4-5-13)2-3-10(9)14-7/h2-3,6,14H,4-5,13H2,1H3. The summed E-state index contributed by atoms with van der Waals surface area (Å²) in [6.07, 6.45) is 0.937. The van der Waals surface area contributed by atoms with Crippen molar-refractivity contribution >= 4 is 26.8 Å². The molecule has 3 N–H and O–H groups in total. The number of nitrogens with one attached hydrogen (secondary N) is 1. The summed E-state index contributed by atoms with van der Waals surface area (Å²) in [4.78, 5) is 3.32. The predicted molar refractivity (Wildman–Crippen MR) is 63.5 cm³/mol. The van der Waals surface area contributed by atoms with Crippen LogP contribution < -0.4 is 5.73 Å². The lowest BCUT2D eigenvalue weighted by molar-refractivity contribution is 0.971. The lowest BCUT2D eigenvalue weighted by atomic mass is 10.1. The van der Waals surface area contributed by atoms with Crippen molar-refractivity contribution in [3.8, 4) is 0 Å². The zero-order valence-electron chi connectivity index (χ0n) is 8.10. The second-order valence-corrected chi connectivity index (χ2v) is 4.28. The lowest BCUT2D eigenvalue weighted by Gasteiger charge is -1.98. The van der Waals surface area contributed by atoms with Crippen LogP contribution in [-0.2, 0) is 6.42 Å². The first-order valence-electron chi connectivity index (χ1n) is 4.69. The number of nitrogens with two attached hydrogens (primary N) is 1. The SMILES string of the molecule is Cc1[nH]c2ccc(CCN)cc2c1Br. The largest absolute Gasteiger partial charge is 0.358 e. The van der Waals surface area contributed by atoms with Gasteiger partial charge in [-0.2, -0.15) is 0 Å². The number of H-pyrrole nitrogens is 1. The molecule has 0 atom stereocenters. The molecule has 0 amide bonds. The Labute approximate surface area is 91.6 Å². The first-order valence-corrected chi connectivity index (χ1v) is 5.48. The summed E-state index contributed by atoms with van der Waals surface area (Å²) in [7, 11) is 0. The molecule has 0 saturated carbocycles. The predicted octanol–water partition coefficient (Wildman–Crippen LogP) is 2.74. The normalized spacial score (nSPS) is 11.1. The van der Waals surface area contributed by atoms with Gasteiger partial charge in [-0.05, 0) is 53.5 Å². The van der Waals surface area contributed by atoms with E-state index in [0.29, 0.717) is 6.54 Å². The Kier molecular flexibility index (Phi) is 2.61. The molecule has 74 valence electrons. The minimum absolute atomic E-state index is 0.701. The molecule has 0 aliphatic heterocycles. The molecule has 2 aromatic rings. The fourth-order valence-corrected chi connectivity index (χ4v) is 2.09. The molecule has 0 aliphatic rings. The van der Waals surface area contributed by atoms with Crippen molar-refractivity contribution < 1.29 is 0 Å². The summed E-state index contributed by atoms with van der Waals surface area (Å²) in [5.41, 5.74) is 9.17. The summed E-state index contributed by atoms with van der Waals surface area (Å²) in [6, 6.07) is 6.42. The molecule has 0 fully saturated rings. The second kappa shape index (κ2) is 3.75. The zero-order chi connectivity index (χ0) is 10.1. The first kappa shape index (κ1) is 9.74. The van der Waals surface area contributed by atoms with E-state index >= 15 is 0 Å². The number of hydrogen-bond donors (Lipinski definition) is 2. The summed E-state index contributed by atoms with van der Waals surface area (Å²) in [6.45, 7) is 2.76. The van der Waals surface area contributed by atoms with Crippen LogP contribution in [0.3, 0.4) is 0 Å². The van der Waals surface area contributed by atoms with Crippen molar-refractivity contribution in [1.82, 2.24) is 4.98 Å². The van der Waals surface area contributed by atoms with Crippen LogP contribution in [0.25, 0.3) is 10.9 Å². The number of aryl methyl sites for hydroxylation is 1. The fourth-order valence-electron chi connectivity index (χ4n) is 1.66. The third kappa shape index (κ3) is 1.57. The summed E-state index contributed by atoms with van der Waals surface area (Å²) < 4.78 is 1.16. The van der Waals surface area contributed by atoms with Gasteiger partial charge in [0.25, 0.3) is 0 Å². The minimum atomic E-state index is 0.701. The van der Waals surface area contributed by atoms with Crippen LogP contribution >= 0.6 is 15.9 Å². The van der Waals surface area contributed by atoms with Crippen LogP contribution in [0.15, 0.2) is 22.7 Å². The van der Waals surface area contributed by atoms with Gasteiger partial charge < -0.3 is 10.7 Å². The van der Waals surface area contributed by atoms with Crippen LogP contribution in [0.4, 0.5) is 0 Å². The van der Waals surface area contributed by atoms with E-state index in [1.54, 1.807) is 0 Å². The molecule has 0 saturated heterocycles. The van der Waals surface area contributed by atoms with Gasteiger partial charge in [-0.3, -0.25) is 0 Å². The number of rotatable bonds is 2. The number of halogens is 1.